The molecular weight excluding hydrogens is 300 g/mol. The second-order valence-corrected chi connectivity index (χ2v) is 7.48. The van der Waals surface area contributed by atoms with Gasteiger partial charge in [0.1, 0.15) is 6.04 Å². The number of piperidine rings is 1. The molecule has 1 fully saturated rings. The largest absolute Gasteiger partial charge is 0.355 e. The van der Waals surface area contributed by atoms with Gasteiger partial charge in [0, 0.05) is 13.1 Å². The lowest BCUT2D eigenvalue weighted by Crippen LogP contribution is -2.51. The first kappa shape index (κ1) is 17.0. The minimum atomic E-state index is -3.61. The predicted molar refractivity (Wildman–Crippen MR) is 85.9 cm³/mol. The molecule has 0 bridgehead atoms. The van der Waals surface area contributed by atoms with Crippen molar-refractivity contribution < 1.29 is 13.2 Å². The van der Waals surface area contributed by atoms with Crippen LogP contribution in [0.4, 0.5) is 0 Å². The van der Waals surface area contributed by atoms with Gasteiger partial charge in [-0.25, -0.2) is 8.42 Å². The molecule has 0 unspecified atom stereocenters. The lowest BCUT2D eigenvalue weighted by atomic mass is 10.0. The first-order valence-corrected chi connectivity index (χ1v) is 9.36. The van der Waals surface area contributed by atoms with Crippen molar-refractivity contribution in [2.45, 2.75) is 50.0 Å². The summed E-state index contributed by atoms with van der Waals surface area (Å²) in [4.78, 5) is 12.6. The zero-order valence-corrected chi connectivity index (χ0v) is 13.8. The molecule has 0 spiro atoms. The fraction of sp³-hybridized carbons (Fsp3) is 0.562. The van der Waals surface area contributed by atoms with Gasteiger partial charge in [-0.15, -0.1) is 0 Å². The molecule has 1 N–H and O–H groups in total. The molecule has 1 heterocycles. The van der Waals surface area contributed by atoms with Crippen LogP contribution in [0.1, 0.15) is 39.0 Å². The van der Waals surface area contributed by atoms with Crippen LogP contribution in [0.25, 0.3) is 0 Å². The topological polar surface area (TPSA) is 66.5 Å². The van der Waals surface area contributed by atoms with Crippen LogP contribution in [0, 0.1) is 0 Å². The van der Waals surface area contributed by atoms with E-state index in [0.717, 1.165) is 25.7 Å². The Labute approximate surface area is 132 Å². The van der Waals surface area contributed by atoms with Gasteiger partial charge in [-0.3, -0.25) is 4.79 Å². The third kappa shape index (κ3) is 3.87. The highest BCUT2D eigenvalue weighted by Crippen LogP contribution is 2.25. The number of nitrogens with zero attached hydrogens (tertiary/aromatic N) is 1. The third-order valence-corrected chi connectivity index (χ3v) is 5.86. The van der Waals surface area contributed by atoms with Gasteiger partial charge in [-0.05, 0) is 31.4 Å². The summed E-state index contributed by atoms with van der Waals surface area (Å²) in [6.45, 7) is 3.06. The van der Waals surface area contributed by atoms with E-state index < -0.39 is 16.1 Å². The maximum absolute atomic E-state index is 12.8. The van der Waals surface area contributed by atoms with Gasteiger partial charge in [0.05, 0.1) is 4.90 Å². The summed E-state index contributed by atoms with van der Waals surface area (Å²) in [5, 5.41) is 2.86. The molecule has 1 aromatic carbocycles. The zero-order valence-electron chi connectivity index (χ0n) is 13.0. The van der Waals surface area contributed by atoms with Crippen LogP contribution in [0.3, 0.4) is 0 Å². The number of hydrogen-bond acceptors (Lipinski definition) is 3. The number of hydrogen-bond donors (Lipinski definition) is 1. The Kier molecular flexibility index (Phi) is 5.97. The van der Waals surface area contributed by atoms with E-state index in [1.54, 1.807) is 30.3 Å². The van der Waals surface area contributed by atoms with E-state index in [4.69, 9.17) is 0 Å². The Morgan fingerprint density at radius 1 is 1.27 bits per heavy atom. The number of nitrogens with one attached hydrogen (secondary N) is 1. The van der Waals surface area contributed by atoms with Crippen LogP contribution < -0.4 is 5.32 Å². The summed E-state index contributed by atoms with van der Waals surface area (Å²) in [7, 11) is -3.61. The lowest BCUT2D eigenvalue weighted by molar-refractivity contribution is -0.125. The number of amides is 1. The number of unbranched alkanes of at least 4 members (excludes halogenated alkanes) is 1. The fourth-order valence-corrected chi connectivity index (χ4v) is 4.37. The standard InChI is InChI=1S/C16H24N2O3S/c1-2-3-12-17-16(19)15-11-7-8-13-18(15)22(20,21)14-9-5-4-6-10-14/h4-6,9-10,15H,2-3,7-8,11-13H2,1H3,(H,17,19)/t15-/m1/s1. The fourth-order valence-electron chi connectivity index (χ4n) is 2.69. The van der Waals surface area contributed by atoms with E-state index in [1.165, 1.54) is 4.31 Å². The number of sulfonamides is 1. The Morgan fingerprint density at radius 3 is 2.68 bits per heavy atom. The summed E-state index contributed by atoms with van der Waals surface area (Å²) >= 11 is 0. The van der Waals surface area contributed by atoms with Crippen molar-refractivity contribution in [2.24, 2.45) is 0 Å². The minimum absolute atomic E-state index is 0.173. The summed E-state index contributed by atoms with van der Waals surface area (Å²) in [5.41, 5.74) is 0. The Morgan fingerprint density at radius 2 is 2.00 bits per heavy atom. The van der Waals surface area contributed by atoms with Crippen molar-refractivity contribution in [2.75, 3.05) is 13.1 Å². The van der Waals surface area contributed by atoms with Gasteiger partial charge in [-0.2, -0.15) is 4.31 Å². The van der Waals surface area contributed by atoms with Crippen LogP contribution >= 0.6 is 0 Å². The maximum atomic E-state index is 12.8. The Hall–Kier alpha value is -1.40. The van der Waals surface area contributed by atoms with Crippen LogP contribution in [-0.2, 0) is 14.8 Å². The highest BCUT2D eigenvalue weighted by molar-refractivity contribution is 7.89. The van der Waals surface area contributed by atoms with Crippen LogP contribution in [0.15, 0.2) is 35.2 Å². The van der Waals surface area contributed by atoms with Crippen molar-refractivity contribution in [1.82, 2.24) is 9.62 Å². The second-order valence-electron chi connectivity index (χ2n) is 5.58. The zero-order chi connectivity index (χ0) is 16.0. The Bertz CT molecular complexity index is 587. The molecule has 22 heavy (non-hydrogen) atoms. The van der Waals surface area contributed by atoms with E-state index >= 15 is 0 Å². The molecule has 1 aromatic rings. The molecular formula is C16H24N2O3S. The van der Waals surface area contributed by atoms with Crippen molar-refractivity contribution in [3.8, 4) is 0 Å². The number of carbonyl (C=O) groups excluding carboxylic acids is 1. The molecule has 1 aliphatic rings. The lowest BCUT2D eigenvalue weighted by Gasteiger charge is -2.33. The third-order valence-electron chi connectivity index (χ3n) is 3.94. The molecule has 1 aliphatic heterocycles. The predicted octanol–water partition coefficient (Wildman–Crippen LogP) is 2.15. The van der Waals surface area contributed by atoms with Crippen molar-refractivity contribution in [1.29, 1.82) is 0 Å². The molecule has 1 atom stereocenters. The molecule has 1 saturated heterocycles. The normalized spacial score (nSPS) is 19.8. The molecule has 0 aromatic heterocycles. The summed E-state index contributed by atoms with van der Waals surface area (Å²) < 4.78 is 26.9. The van der Waals surface area contributed by atoms with Crippen LogP contribution in [0.2, 0.25) is 0 Å². The smallest absolute Gasteiger partial charge is 0.243 e. The first-order chi connectivity index (χ1) is 10.6. The van der Waals surface area contributed by atoms with Gasteiger partial charge >= 0.3 is 0 Å². The number of rotatable bonds is 6. The van der Waals surface area contributed by atoms with Gasteiger partial charge in [0.15, 0.2) is 0 Å². The van der Waals surface area contributed by atoms with E-state index in [2.05, 4.69) is 12.2 Å². The molecule has 122 valence electrons. The average molecular weight is 324 g/mol. The SMILES string of the molecule is CCCCNC(=O)[C@H]1CCCCN1S(=O)(=O)c1ccccc1. The van der Waals surface area contributed by atoms with Gasteiger partial charge in [0.25, 0.3) is 0 Å². The number of benzene rings is 1. The summed E-state index contributed by atoms with van der Waals surface area (Å²) in [6, 6.07) is 7.76. The Balaban J connectivity index is 2.17. The van der Waals surface area contributed by atoms with E-state index in [-0.39, 0.29) is 10.8 Å². The molecule has 1 amide bonds. The van der Waals surface area contributed by atoms with Crippen molar-refractivity contribution >= 4 is 15.9 Å². The second kappa shape index (κ2) is 7.74. The average Bonchev–Trinajstić information content (AvgIpc) is 2.56. The first-order valence-electron chi connectivity index (χ1n) is 7.92. The summed E-state index contributed by atoms with van der Waals surface area (Å²) in [5.74, 6) is -0.173. The molecule has 0 aliphatic carbocycles. The van der Waals surface area contributed by atoms with Crippen molar-refractivity contribution in [3.05, 3.63) is 30.3 Å². The van der Waals surface area contributed by atoms with E-state index in [0.29, 0.717) is 19.5 Å². The molecule has 0 radical (unpaired) electrons. The van der Waals surface area contributed by atoms with Gasteiger partial charge in [-0.1, -0.05) is 38.0 Å². The highest BCUT2D eigenvalue weighted by atomic mass is 32.2. The minimum Gasteiger partial charge on any atom is -0.355 e. The van der Waals surface area contributed by atoms with Crippen molar-refractivity contribution in [3.63, 3.8) is 0 Å². The summed E-state index contributed by atoms with van der Waals surface area (Å²) in [6.07, 6.45) is 4.17. The molecule has 6 heteroatoms. The highest BCUT2D eigenvalue weighted by Gasteiger charge is 2.37. The van der Waals surface area contributed by atoms with E-state index in [9.17, 15) is 13.2 Å². The molecule has 5 nitrogen and oxygen atoms in total. The number of carbonyl (C=O) groups is 1. The maximum Gasteiger partial charge on any atom is 0.243 e. The monoisotopic (exact) mass is 324 g/mol. The quantitative estimate of drug-likeness (QED) is 0.815. The molecule has 2 rings (SSSR count). The van der Waals surface area contributed by atoms with E-state index in [1.807, 2.05) is 0 Å². The van der Waals surface area contributed by atoms with Crippen LogP contribution in [-0.4, -0.2) is 37.8 Å². The van der Waals surface area contributed by atoms with Gasteiger partial charge in [0.2, 0.25) is 15.9 Å². The van der Waals surface area contributed by atoms with Crippen LogP contribution in [0.5, 0.6) is 0 Å². The van der Waals surface area contributed by atoms with Gasteiger partial charge < -0.3 is 5.32 Å². The molecule has 0 saturated carbocycles.